The van der Waals surface area contributed by atoms with Crippen LogP contribution in [-0.2, 0) is 6.42 Å². The van der Waals surface area contributed by atoms with E-state index < -0.39 is 0 Å². The van der Waals surface area contributed by atoms with Crippen molar-refractivity contribution in [1.82, 2.24) is 4.98 Å². The molecular weight excluding hydrogens is 182 g/mol. The first-order valence-electron chi connectivity index (χ1n) is 4.34. The van der Waals surface area contributed by atoms with E-state index in [1.807, 2.05) is 30.5 Å². The first kappa shape index (κ1) is 8.52. The maximum Gasteiger partial charge on any atom is 0.0479 e. The van der Waals surface area contributed by atoms with Crippen LogP contribution in [0.15, 0.2) is 30.5 Å². The van der Waals surface area contributed by atoms with Crippen LogP contribution in [0.3, 0.4) is 0 Å². The smallest absolute Gasteiger partial charge is 0.0479 e. The summed E-state index contributed by atoms with van der Waals surface area (Å²) < 4.78 is 0. The van der Waals surface area contributed by atoms with E-state index in [0.29, 0.717) is 0 Å². The van der Waals surface area contributed by atoms with Gasteiger partial charge >= 0.3 is 0 Å². The molecule has 0 aliphatic rings. The highest BCUT2D eigenvalue weighted by Gasteiger charge is 2.00. The van der Waals surface area contributed by atoms with Crippen molar-refractivity contribution in [2.75, 3.05) is 0 Å². The van der Waals surface area contributed by atoms with Crippen LogP contribution >= 0.6 is 11.6 Å². The van der Waals surface area contributed by atoms with Gasteiger partial charge in [-0.25, -0.2) is 0 Å². The average molecular weight is 192 g/mol. The topological polar surface area (TPSA) is 12.9 Å². The summed E-state index contributed by atoms with van der Waals surface area (Å²) in [5.74, 6) is 0. The minimum Gasteiger partial charge on any atom is -0.261 e. The van der Waals surface area contributed by atoms with E-state index in [4.69, 9.17) is 11.6 Å². The SMILES string of the molecule is CCc1nccc2ccc(Cl)cc12. The van der Waals surface area contributed by atoms with E-state index in [-0.39, 0.29) is 0 Å². The predicted molar refractivity (Wildman–Crippen MR) is 56.1 cm³/mol. The zero-order valence-corrected chi connectivity index (χ0v) is 8.17. The highest BCUT2D eigenvalue weighted by molar-refractivity contribution is 6.31. The van der Waals surface area contributed by atoms with E-state index >= 15 is 0 Å². The van der Waals surface area contributed by atoms with E-state index in [1.165, 1.54) is 5.39 Å². The first-order chi connectivity index (χ1) is 6.31. The number of rotatable bonds is 1. The van der Waals surface area contributed by atoms with Crippen LogP contribution in [-0.4, -0.2) is 4.98 Å². The van der Waals surface area contributed by atoms with Crippen molar-refractivity contribution >= 4 is 22.4 Å². The van der Waals surface area contributed by atoms with Crippen molar-refractivity contribution in [2.45, 2.75) is 13.3 Å². The Kier molecular flexibility index (Phi) is 2.19. The standard InChI is InChI=1S/C11H10ClN/c1-2-11-10-7-9(12)4-3-8(10)5-6-13-11/h3-7H,2H2,1H3. The maximum atomic E-state index is 5.92. The van der Waals surface area contributed by atoms with Crippen LogP contribution in [0.1, 0.15) is 12.6 Å². The maximum absolute atomic E-state index is 5.92. The monoisotopic (exact) mass is 191 g/mol. The Hall–Kier alpha value is -1.08. The molecule has 2 rings (SSSR count). The Morgan fingerprint density at radius 1 is 1.31 bits per heavy atom. The van der Waals surface area contributed by atoms with Crippen molar-refractivity contribution in [2.24, 2.45) is 0 Å². The number of fused-ring (bicyclic) bond motifs is 1. The van der Waals surface area contributed by atoms with Crippen LogP contribution in [0.5, 0.6) is 0 Å². The lowest BCUT2D eigenvalue weighted by molar-refractivity contribution is 1.06. The number of pyridine rings is 1. The van der Waals surface area contributed by atoms with Crippen molar-refractivity contribution in [3.63, 3.8) is 0 Å². The number of hydrogen-bond acceptors (Lipinski definition) is 1. The van der Waals surface area contributed by atoms with Gasteiger partial charge in [0.2, 0.25) is 0 Å². The highest BCUT2D eigenvalue weighted by Crippen LogP contribution is 2.21. The molecule has 0 unspecified atom stereocenters. The third kappa shape index (κ3) is 1.52. The van der Waals surface area contributed by atoms with Crippen LogP contribution in [0.2, 0.25) is 5.02 Å². The third-order valence-corrected chi connectivity index (χ3v) is 2.38. The van der Waals surface area contributed by atoms with E-state index in [9.17, 15) is 0 Å². The fraction of sp³-hybridized carbons (Fsp3) is 0.182. The summed E-state index contributed by atoms with van der Waals surface area (Å²) in [6.45, 7) is 2.10. The Morgan fingerprint density at radius 3 is 2.92 bits per heavy atom. The predicted octanol–water partition coefficient (Wildman–Crippen LogP) is 3.45. The lowest BCUT2D eigenvalue weighted by Gasteiger charge is -2.02. The molecule has 0 amide bonds. The molecule has 0 atom stereocenters. The Balaban J connectivity index is 2.79. The summed E-state index contributed by atoms with van der Waals surface area (Å²) in [6.07, 6.45) is 2.78. The molecule has 0 fully saturated rings. The van der Waals surface area contributed by atoms with Crippen molar-refractivity contribution in [1.29, 1.82) is 0 Å². The van der Waals surface area contributed by atoms with Crippen LogP contribution in [0.4, 0.5) is 0 Å². The number of benzene rings is 1. The lowest BCUT2D eigenvalue weighted by atomic mass is 10.1. The Morgan fingerprint density at radius 2 is 2.15 bits per heavy atom. The molecule has 1 nitrogen and oxygen atoms in total. The fourth-order valence-electron chi connectivity index (χ4n) is 1.48. The minimum absolute atomic E-state index is 0.773. The van der Waals surface area contributed by atoms with Gasteiger partial charge in [-0.15, -0.1) is 0 Å². The molecule has 0 radical (unpaired) electrons. The molecule has 0 saturated heterocycles. The van der Waals surface area contributed by atoms with Gasteiger partial charge < -0.3 is 0 Å². The summed E-state index contributed by atoms with van der Waals surface area (Å²) in [7, 11) is 0. The van der Waals surface area contributed by atoms with Gasteiger partial charge in [0.15, 0.2) is 0 Å². The number of nitrogens with zero attached hydrogens (tertiary/aromatic N) is 1. The van der Waals surface area contributed by atoms with Gasteiger partial charge in [-0.05, 0) is 30.0 Å². The molecule has 66 valence electrons. The second-order valence-corrected chi connectivity index (χ2v) is 3.41. The number of hydrogen-bond donors (Lipinski definition) is 0. The number of halogens is 1. The van der Waals surface area contributed by atoms with Gasteiger partial charge in [0.25, 0.3) is 0 Å². The zero-order valence-electron chi connectivity index (χ0n) is 7.42. The second kappa shape index (κ2) is 3.35. The molecule has 0 aliphatic heterocycles. The molecule has 0 spiro atoms. The summed E-state index contributed by atoms with van der Waals surface area (Å²) in [6, 6.07) is 7.91. The van der Waals surface area contributed by atoms with Crippen LogP contribution in [0.25, 0.3) is 10.8 Å². The molecule has 0 saturated carbocycles. The number of aryl methyl sites for hydroxylation is 1. The molecule has 1 aromatic carbocycles. The van der Waals surface area contributed by atoms with Gasteiger partial charge in [-0.1, -0.05) is 24.6 Å². The van der Waals surface area contributed by atoms with E-state index in [0.717, 1.165) is 22.5 Å². The normalized spacial score (nSPS) is 10.6. The third-order valence-electron chi connectivity index (χ3n) is 2.15. The molecule has 2 heteroatoms. The van der Waals surface area contributed by atoms with Crippen molar-refractivity contribution in [3.8, 4) is 0 Å². The van der Waals surface area contributed by atoms with Gasteiger partial charge in [-0.2, -0.15) is 0 Å². The number of aromatic nitrogens is 1. The largest absolute Gasteiger partial charge is 0.261 e. The molecule has 0 N–H and O–H groups in total. The molecular formula is C11H10ClN. The van der Waals surface area contributed by atoms with E-state index in [2.05, 4.69) is 11.9 Å². The van der Waals surface area contributed by atoms with Gasteiger partial charge in [0.1, 0.15) is 0 Å². The Labute approximate surface area is 82.4 Å². The fourth-order valence-corrected chi connectivity index (χ4v) is 1.65. The average Bonchev–Trinajstić information content (AvgIpc) is 2.17. The zero-order chi connectivity index (χ0) is 9.26. The second-order valence-electron chi connectivity index (χ2n) is 2.98. The molecule has 2 aromatic rings. The van der Waals surface area contributed by atoms with Crippen molar-refractivity contribution < 1.29 is 0 Å². The quantitative estimate of drug-likeness (QED) is 0.673. The first-order valence-corrected chi connectivity index (χ1v) is 4.72. The molecule has 1 heterocycles. The molecule has 0 aliphatic carbocycles. The summed E-state index contributed by atoms with van der Waals surface area (Å²) in [5.41, 5.74) is 1.11. The minimum atomic E-state index is 0.773. The lowest BCUT2D eigenvalue weighted by Crippen LogP contribution is -1.87. The Bertz CT molecular complexity index is 437. The van der Waals surface area contributed by atoms with Crippen molar-refractivity contribution in [3.05, 3.63) is 41.2 Å². The molecule has 1 aromatic heterocycles. The van der Waals surface area contributed by atoms with Gasteiger partial charge in [0.05, 0.1) is 0 Å². The summed E-state index contributed by atoms with van der Waals surface area (Å²) in [5, 5.41) is 3.14. The molecule has 13 heavy (non-hydrogen) atoms. The summed E-state index contributed by atoms with van der Waals surface area (Å²) in [4.78, 5) is 4.31. The highest BCUT2D eigenvalue weighted by atomic mass is 35.5. The van der Waals surface area contributed by atoms with Gasteiger partial charge in [-0.3, -0.25) is 4.98 Å². The van der Waals surface area contributed by atoms with Crippen LogP contribution in [0, 0.1) is 0 Å². The summed E-state index contributed by atoms with van der Waals surface area (Å²) >= 11 is 5.92. The molecule has 0 bridgehead atoms. The van der Waals surface area contributed by atoms with E-state index in [1.54, 1.807) is 0 Å². The van der Waals surface area contributed by atoms with Gasteiger partial charge in [0, 0.05) is 22.3 Å². The van der Waals surface area contributed by atoms with Crippen LogP contribution < -0.4 is 0 Å².